The second kappa shape index (κ2) is 7.46. The molecule has 2 aromatic carbocycles. The minimum Gasteiger partial charge on any atom is -0.496 e. The molecule has 0 saturated heterocycles. The minimum absolute atomic E-state index is 0.0797. The molecule has 0 aliphatic heterocycles. The van der Waals surface area contributed by atoms with Crippen LogP contribution in [0.2, 0.25) is 0 Å². The molecular formula is C19H17N3O2S3. The smallest absolute Gasteiger partial charge is 0.230 e. The Labute approximate surface area is 168 Å². The van der Waals surface area contributed by atoms with Crippen LogP contribution in [0.3, 0.4) is 0 Å². The van der Waals surface area contributed by atoms with Crippen LogP contribution in [0.5, 0.6) is 5.75 Å². The third-order valence-corrected chi connectivity index (χ3v) is 7.34. The topological polar surface area (TPSA) is 64.1 Å². The number of hydrogen-bond donors (Lipinski definition) is 1. The Kier molecular flexibility index (Phi) is 5.03. The van der Waals surface area contributed by atoms with Gasteiger partial charge >= 0.3 is 0 Å². The van der Waals surface area contributed by atoms with Crippen LogP contribution in [-0.4, -0.2) is 29.2 Å². The number of carbonyl (C=O) groups excluding carboxylic acids is 1. The average molecular weight is 416 g/mol. The molecule has 0 aliphatic carbocycles. The Morgan fingerprint density at radius 3 is 2.59 bits per heavy atom. The highest BCUT2D eigenvalue weighted by molar-refractivity contribution is 8.00. The van der Waals surface area contributed by atoms with E-state index in [0.29, 0.717) is 11.6 Å². The largest absolute Gasteiger partial charge is 0.496 e. The summed E-state index contributed by atoms with van der Waals surface area (Å²) in [5.74, 6) is 0.743. The standard InChI is InChI=1S/C19H17N3O2S3/c1-10-8-11(4-7-14(10)24-2)9-15(23)22-18-20-12-5-6-13-17(16(12)26-18)27-19(21-13)25-3/h4-8H,9H2,1-3H3,(H,20,22,23). The van der Waals surface area contributed by atoms with Crippen LogP contribution in [0, 0.1) is 6.92 Å². The zero-order valence-electron chi connectivity index (χ0n) is 15.0. The van der Waals surface area contributed by atoms with Crippen LogP contribution in [0.15, 0.2) is 34.7 Å². The molecule has 2 heterocycles. The SMILES string of the molecule is COc1ccc(CC(=O)Nc2nc3ccc4nc(SC)sc4c3s2)cc1C. The van der Waals surface area contributed by atoms with Gasteiger partial charge in [-0.05, 0) is 42.5 Å². The van der Waals surface area contributed by atoms with Crippen LogP contribution in [0.25, 0.3) is 20.4 Å². The lowest BCUT2D eigenvalue weighted by molar-refractivity contribution is -0.115. The summed E-state index contributed by atoms with van der Waals surface area (Å²) in [5.41, 5.74) is 3.83. The van der Waals surface area contributed by atoms with Gasteiger partial charge in [-0.1, -0.05) is 35.2 Å². The van der Waals surface area contributed by atoms with E-state index in [1.807, 2.05) is 43.5 Å². The van der Waals surface area contributed by atoms with Crippen LogP contribution >= 0.6 is 34.4 Å². The molecule has 27 heavy (non-hydrogen) atoms. The van der Waals surface area contributed by atoms with E-state index in [1.54, 1.807) is 30.2 Å². The molecule has 0 fully saturated rings. The zero-order chi connectivity index (χ0) is 19.0. The van der Waals surface area contributed by atoms with Crippen molar-refractivity contribution in [2.75, 3.05) is 18.7 Å². The quantitative estimate of drug-likeness (QED) is 0.458. The molecule has 0 radical (unpaired) electrons. The number of hydrogen-bond acceptors (Lipinski definition) is 7. The predicted molar refractivity (Wildman–Crippen MR) is 115 cm³/mol. The van der Waals surface area contributed by atoms with Crippen molar-refractivity contribution in [2.24, 2.45) is 0 Å². The first-order chi connectivity index (χ1) is 13.1. The summed E-state index contributed by atoms with van der Waals surface area (Å²) in [5, 5.41) is 3.55. The number of methoxy groups -OCH3 is 1. The number of rotatable bonds is 5. The normalized spacial score (nSPS) is 11.2. The van der Waals surface area contributed by atoms with Gasteiger partial charge in [0.1, 0.15) is 5.75 Å². The van der Waals surface area contributed by atoms with Gasteiger partial charge in [0.05, 0.1) is 34.0 Å². The number of thioether (sulfide) groups is 1. The molecule has 0 spiro atoms. The third-order valence-electron chi connectivity index (χ3n) is 4.14. The van der Waals surface area contributed by atoms with E-state index in [-0.39, 0.29) is 5.91 Å². The van der Waals surface area contributed by atoms with Gasteiger partial charge in [0.2, 0.25) is 5.91 Å². The molecule has 1 amide bonds. The number of anilines is 1. The van der Waals surface area contributed by atoms with Gasteiger partial charge < -0.3 is 10.1 Å². The highest BCUT2D eigenvalue weighted by Gasteiger charge is 2.14. The summed E-state index contributed by atoms with van der Waals surface area (Å²) in [4.78, 5) is 21.6. The molecule has 8 heteroatoms. The van der Waals surface area contributed by atoms with Gasteiger partial charge in [0, 0.05) is 0 Å². The molecule has 138 valence electrons. The first-order valence-corrected chi connectivity index (χ1v) is 11.1. The maximum absolute atomic E-state index is 12.4. The fourth-order valence-electron chi connectivity index (χ4n) is 2.89. The Hall–Kier alpha value is -2.16. The van der Waals surface area contributed by atoms with Gasteiger partial charge in [-0.15, -0.1) is 11.3 Å². The van der Waals surface area contributed by atoms with Crippen molar-refractivity contribution >= 4 is 65.9 Å². The fraction of sp³-hybridized carbons (Fsp3) is 0.211. The lowest BCUT2D eigenvalue weighted by Crippen LogP contribution is -2.14. The van der Waals surface area contributed by atoms with E-state index in [1.165, 1.54) is 11.3 Å². The van der Waals surface area contributed by atoms with Crippen molar-refractivity contribution in [1.29, 1.82) is 0 Å². The molecule has 0 saturated carbocycles. The molecule has 4 aromatic rings. The van der Waals surface area contributed by atoms with Crippen molar-refractivity contribution in [3.8, 4) is 5.75 Å². The fourth-order valence-corrected chi connectivity index (χ4v) is 5.57. The number of fused-ring (bicyclic) bond motifs is 3. The summed E-state index contributed by atoms with van der Waals surface area (Å²) in [6.45, 7) is 1.97. The predicted octanol–water partition coefficient (Wildman–Crippen LogP) is 5.13. The number of aromatic nitrogens is 2. The van der Waals surface area contributed by atoms with E-state index in [2.05, 4.69) is 15.3 Å². The van der Waals surface area contributed by atoms with Crippen molar-refractivity contribution in [1.82, 2.24) is 9.97 Å². The summed E-state index contributed by atoms with van der Waals surface area (Å²) >= 11 is 4.80. The molecule has 0 bridgehead atoms. The van der Waals surface area contributed by atoms with Gasteiger partial charge in [-0.25, -0.2) is 9.97 Å². The molecular weight excluding hydrogens is 398 g/mol. The van der Waals surface area contributed by atoms with E-state index in [4.69, 9.17) is 4.74 Å². The Bertz CT molecular complexity index is 1150. The number of ether oxygens (including phenoxy) is 1. The van der Waals surface area contributed by atoms with Gasteiger partial charge in [0.25, 0.3) is 0 Å². The van der Waals surface area contributed by atoms with Crippen molar-refractivity contribution in [2.45, 2.75) is 17.7 Å². The maximum atomic E-state index is 12.4. The Balaban J connectivity index is 1.55. The van der Waals surface area contributed by atoms with E-state index >= 15 is 0 Å². The summed E-state index contributed by atoms with van der Waals surface area (Å²) in [6.07, 6.45) is 2.32. The van der Waals surface area contributed by atoms with Crippen molar-refractivity contribution in [3.05, 3.63) is 41.5 Å². The molecule has 0 atom stereocenters. The van der Waals surface area contributed by atoms with Crippen LogP contribution in [0.4, 0.5) is 5.13 Å². The monoisotopic (exact) mass is 415 g/mol. The Morgan fingerprint density at radius 1 is 1.15 bits per heavy atom. The molecule has 0 aliphatic rings. The number of benzene rings is 2. The number of nitrogens with one attached hydrogen (secondary N) is 1. The highest BCUT2D eigenvalue weighted by Crippen LogP contribution is 2.38. The van der Waals surface area contributed by atoms with E-state index < -0.39 is 0 Å². The summed E-state index contributed by atoms with van der Waals surface area (Å²) in [7, 11) is 1.64. The summed E-state index contributed by atoms with van der Waals surface area (Å²) < 4.78 is 8.49. The molecule has 0 unspecified atom stereocenters. The van der Waals surface area contributed by atoms with Gasteiger partial charge in [0.15, 0.2) is 9.47 Å². The second-order valence-corrected chi connectivity index (χ2v) is 9.05. The molecule has 4 rings (SSSR count). The highest BCUT2D eigenvalue weighted by atomic mass is 32.2. The molecule has 2 aromatic heterocycles. The Morgan fingerprint density at radius 2 is 1.89 bits per heavy atom. The lowest BCUT2D eigenvalue weighted by atomic mass is 10.1. The minimum atomic E-state index is -0.0797. The van der Waals surface area contributed by atoms with E-state index in [0.717, 1.165) is 41.6 Å². The van der Waals surface area contributed by atoms with Crippen molar-refractivity contribution < 1.29 is 9.53 Å². The van der Waals surface area contributed by atoms with Crippen LogP contribution in [-0.2, 0) is 11.2 Å². The second-order valence-electron chi connectivity index (χ2n) is 5.99. The first kappa shape index (κ1) is 18.2. The number of nitrogens with zero attached hydrogens (tertiary/aromatic N) is 2. The third kappa shape index (κ3) is 3.65. The first-order valence-electron chi connectivity index (χ1n) is 8.25. The number of carbonyl (C=O) groups is 1. The van der Waals surface area contributed by atoms with Gasteiger partial charge in [-0.2, -0.15) is 0 Å². The molecule has 5 nitrogen and oxygen atoms in total. The molecule has 1 N–H and O–H groups in total. The number of aryl methyl sites for hydroxylation is 1. The zero-order valence-corrected chi connectivity index (χ0v) is 17.5. The lowest BCUT2D eigenvalue weighted by Gasteiger charge is -2.07. The van der Waals surface area contributed by atoms with Gasteiger partial charge in [-0.3, -0.25) is 4.79 Å². The maximum Gasteiger partial charge on any atom is 0.230 e. The number of amides is 1. The average Bonchev–Trinajstić information content (AvgIpc) is 3.24. The van der Waals surface area contributed by atoms with Crippen molar-refractivity contribution in [3.63, 3.8) is 0 Å². The summed E-state index contributed by atoms with van der Waals surface area (Å²) in [6, 6.07) is 9.72. The van der Waals surface area contributed by atoms with E-state index in [9.17, 15) is 4.79 Å². The number of thiazole rings is 2. The van der Waals surface area contributed by atoms with Crippen LogP contribution < -0.4 is 10.1 Å². The van der Waals surface area contributed by atoms with Crippen LogP contribution in [0.1, 0.15) is 11.1 Å².